The van der Waals surface area contributed by atoms with Crippen LogP contribution < -0.4 is 9.47 Å². The Kier molecular flexibility index (Phi) is 6.11. The summed E-state index contributed by atoms with van der Waals surface area (Å²) in [5, 5.41) is 17.9. The zero-order chi connectivity index (χ0) is 14.3. The third kappa shape index (κ3) is 4.11. The number of carbonyl (C=O) groups is 1. The molecule has 106 valence electrons. The largest absolute Gasteiger partial charge is 0.497 e. The molecule has 6 nitrogen and oxygen atoms in total. The first-order valence-corrected chi connectivity index (χ1v) is 5.81. The maximum atomic E-state index is 11.3. The number of carboxylic acids is 1. The molecule has 0 saturated carbocycles. The highest BCUT2D eigenvalue weighted by Crippen LogP contribution is 2.31. The molecule has 1 aromatic carbocycles. The highest BCUT2D eigenvalue weighted by Gasteiger charge is 2.24. The third-order valence-electron chi connectivity index (χ3n) is 2.53. The molecular weight excluding hydrogens is 252 g/mol. The minimum atomic E-state index is -1.16. The number of hydrogen-bond donors (Lipinski definition) is 2. The minimum Gasteiger partial charge on any atom is -0.497 e. The van der Waals surface area contributed by atoms with E-state index in [9.17, 15) is 9.90 Å². The Morgan fingerprint density at radius 2 is 2.05 bits per heavy atom. The standard InChI is InChI=1S/C13H18O6/c1-17-9-4-5-11(18-2)10(8-9)12(13(15)16)19-7-3-6-14/h4-5,8,12,14H,3,6-7H2,1-2H3,(H,15,16). The van der Waals surface area contributed by atoms with Crippen molar-refractivity contribution >= 4 is 5.97 Å². The molecule has 0 fully saturated rings. The van der Waals surface area contributed by atoms with Gasteiger partial charge in [0.2, 0.25) is 0 Å². The SMILES string of the molecule is COc1ccc(OC)c(C(OCCCO)C(=O)O)c1. The van der Waals surface area contributed by atoms with E-state index in [0.29, 0.717) is 23.5 Å². The van der Waals surface area contributed by atoms with Crippen LogP contribution in [0.15, 0.2) is 18.2 Å². The molecule has 0 aliphatic carbocycles. The number of ether oxygens (including phenoxy) is 3. The smallest absolute Gasteiger partial charge is 0.337 e. The van der Waals surface area contributed by atoms with Crippen LogP contribution in [0, 0.1) is 0 Å². The van der Waals surface area contributed by atoms with Crippen molar-refractivity contribution < 1.29 is 29.2 Å². The Morgan fingerprint density at radius 3 is 2.58 bits per heavy atom. The molecule has 6 heteroatoms. The molecular formula is C13H18O6. The summed E-state index contributed by atoms with van der Waals surface area (Å²) in [6.07, 6.45) is -0.785. The van der Waals surface area contributed by atoms with Gasteiger partial charge in [0.25, 0.3) is 0 Å². The first-order chi connectivity index (χ1) is 9.13. The Labute approximate surface area is 111 Å². The summed E-state index contributed by atoms with van der Waals surface area (Å²) in [4.78, 5) is 11.3. The van der Waals surface area contributed by atoms with Gasteiger partial charge in [0.05, 0.1) is 20.8 Å². The summed E-state index contributed by atoms with van der Waals surface area (Å²) in [7, 11) is 2.95. The van der Waals surface area contributed by atoms with Gasteiger partial charge in [-0.3, -0.25) is 0 Å². The predicted molar refractivity (Wildman–Crippen MR) is 67.6 cm³/mol. The topological polar surface area (TPSA) is 85.2 Å². The fraction of sp³-hybridized carbons (Fsp3) is 0.462. The number of aliphatic hydroxyl groups is 1. The molecule has 0 aliphatic rings. The van der Waals surface area contributed by atoms with E-state index >= 15 is 0 Å². The third-order valence-corrected chi connectivity index (χ3v) is 2.53. The molecule has 0 amide bonds. The van der Waals surface area contributed by atoms with Gasteiger partial charge in [-0.2, -0.15) is 0 Å². The zero-order valence-electron chi connectivity index (χ0n) is 11.0. The van der Waals surface area contributed by atoms with Crippen molar-refractivity contribution in [3.8, 4) is 11.5 Å². The molecule has 0 spiro atoms. The lowest BCUT2D eigenvalue weighted by Crippen LogP contribution is -2.17. The molecule has 19 heavy (non-hydrogen) atoms. The molecule has 1 rings (SSSR count). The summed E-state index contributed by atoms with van der Waals surface area (Å²) in [6.45, 7) is 0.0927. The van der Waals surface area contributed by atoms with Crippen molar-refractivity contribution in [2.24, 2.45) is 0 Å². The van der Waals surface area contributed by atoms with Crippen LogP contribution in [0.25, 0.3) is 0 Å². The summed E-state index contributed by atoms with van der Waals surface area (Å²) >= 11 is 0. The molecule has 0 aliphatic heterocycles. The Morgan fingerprint density at radius 1 is 1.32 bits per heavy atom. The summed E-state index contributed by atoms with van der Waals surface area (Å²) in [6, 6.07) is 4.87. The van der Waals surface area contributed by atoms with Crippen molar-refractivity contribution in [2.45, 2.75) is 12.5 Å². The van der Waals surface area contributed by atoms with Crippen molar-refractivity contribution in [1.29, 1.82) is 0 Å². The van der Waals surface area contributed by atoms with Gasteiger partial charge in [0.15, 0.2) is 6.10 Å². The molecule has 0 radical (unpaired) electrons. The lowest BCUT2D eigenvalue weighted by atomic mass is 10.1. The van der Waals surface area contributed by atoms with Gasteiger partial charge in [-0.25, -0.2) is 4.79 Å². The maximum absolute atomic E-state index is 11.3. The van der Waals surface area contributed by atoms with E-state index in [2.05, 4.69) is 0 Å². The van der Waals surface area contributed by atoms with E-state index in [-0.39, 0.29) is 13.2 Å². The second kappa shape index (κ2) is 7.60. The molecule has 0 aromatic heterocycles. The van der Waals surface area contributed by atoms with Crippen molar-refractivity contribution in [3.05, 3.63) is 23.8 Å². The number of benzene rings is 1. The van der Waals surface area contributed by atoms with E-state index < -0.39 is 12.1 Å². The maximum Gasteiger partial charge on any atom is 0.337 e. The van der Waals surface area contributed by atoms with Gasteiger partial charge < -0.3 is 24.4 Å². The molecule has 0 heterocycles. The van der Waals surface area contributed by atoms with Crippen molar-refractivity contribution in [3.63, 3.8) is 0 Å². The molecule has 1 unspecified atom stereocenters. The average Bonchev–Trinajstić information content (AvgIpc) is 2.42. The van der Waals surface area contributed by atoms with Gasteiger partial charge in [0.1, 0.15) is 11.5 Å². The highest BCUT2D eigenvalue weighted by molar-refractivity contribution is 5.75. The van der Waals surface area contributed by atoms with Crippen LogP contribution in [-0.4, -0.2) is 43.6 Å². The van der Waals surface area contributed by atoms with Crippen LogP contribution in [0.4, 0.5) is 0 Å². The second-order valence-electron chi connectivity index (χ2n) is 3.77. The minimum absolute atomic E-state index is 0.0540. The van der Waals surface area contributed by atoms with Gasteiger partial charge in [-0.1, -0.05) is 0 Å². The molecule has 1 aromatic rings. The first-order valence-electron chi connectivity index (χ1n) is 5.81. The summed E-state index contributed by atoms with van der Waals surface area (Å²) < 4.78 is 15.5. The van der Waals surface area contributed by atoms with Crippen molar-refractivity contribution in [2.75, 3.05) is 27.4 Å². The monoisotopic (exact) mass is 270 g/mol. The fourth-order valence-electron chi connectivity index (χ4n) is 1.60. The van der Waals surface area contributed by atoms with E-state index in [1.807, 2.05) is 0 Å². The normalized spacial score (nSPS) is 11.9. The number of aliphatic hydroxyl groups excluding tert-OH is 1. The Balaban J connectivity index is 3.02. The Hall–Kier alpha value is -1.79. The molecule has 0 bridgehead atoms. The average molecular weight is 270 g/mol. The van der Waals surface area contributed by atoms with Gasteiger partial charge in [-0.05, 0) is 24.6 Å². The van der Waals surface area contributed by atoms with Gasteiger partial charge >= 0.3 is 5.97 Å². The van der Waals surface area contributed by atoms with Crippen LogP contribution in [0.5, 0.6) is 11.5 Å². The predicted octanol–water partition coefficient (Wildman–Crippen LogP) is 1.23. The number of methoxy groups -OCH3 is 2. The van der Waals surface area contributed by atoms with E-state index in [0.717, 1.165) is 0 Å². The first kappa shape index (κ1) is 15.3. The number of carboxylic acid groups (broad SMARTS) is 1. The van der Waals surface area contributed by atoms with E-state index in [1.165, 1.54) is 14.2 Å². The van der Waals surface area contributed by atoms with E-state index in [4.69, 9.17) is 19.3 Å². The van der Waals surface area contributed by atoms with Gasteiger partial charge in [-0.15, -0.1) is 0 Å². The number of aliphatic carboxylic acids is 1. The lowest BCUT2D eigenvalue weighted by molar-refractivity contribution is -0.151. The van der Waals surface area contributed by atoms with E-state index in [1.54, 1.807) is 18.2 Å². The van der Waals surface area contributed by atoms with Gasteiger partial charge in [0, 0.05) is 12.2 Å². The molecule has 2 N–H and O–H groups in total. The van der Waals surface area contributed by atoms with Crippen molar-refractivity contribution in [1.82, 2.24) is 0 Å². The molecule has 0 saturated heterocycles. The van der Waals surface area contributed by atoms with Crippen LogP contribution >= 0.6 is 0 Å². The fourth-order valence-corrected chi connectivity index (χ4v) is 1.60. The van der Waals surface area contributed by atoms with Crippen LogP contribution in [0.3, 0.4) is 0 Å². The quantitative estimate of drug-likeness (QED) is 0.691. The highest BCUT2D eigenvalue weighted by atomic mass is 16.5. The Bertz CT molecular complexity index is 418. The number of rotatable bonds is 8. The van der Waals surface area contributed by atoms with Crippen LogP contribution in [-0.2, 0) is 9.53 Å². The lowest BCUT2D eigenvalue weighted by Gasteiger charge is -2.17. The summed E-state index contributed by atoms with van der Waals surface area (Å²) in [5.41, 5.74) is 0.382. The van der Waals surface area contributed by atoms with Crippen LogP contribution in [0.2, 0.25) is 0 Å². The summed E-state index contributed by atoms with van der Waals surface area (Å²) in [5.74, 6) is -0.186. The number of hydrogen-bond acceptors (Lipinski definition) is 5. The zero-order valence-corrected chi connectivity index (χ0v) is 11.0. The second-order valence-corrected chi connectivity index (χ2v) is 3.77. The molecule has 1 atom stereocenters. The van der Waals surface area contributed by atoms with Crippen LogP contribution in [0.1, 0.15) is 18.1 Å².